The first-order chi connectivity index (χ1) is 10.3. The molecule has 0 aromatic heterocycles. The minimum absolute atomic E-state index is 0.230. The van der Waals surface area contributed by atoms with Crippen molar-refractivity contribution in [3.63, 3.8) is 0 Å². The molecule has 0 amide bonds. The van der Waals surface area contributed by atoms with E-state index in [0.29, 0.717) is 31.2 Å². The highest BCUT2D eigenvalue weighted by molar-refractivity contribution is 7.86. The van der Waals surface area contributed by atoms with Crippen LogP contribution in [0.15, 0.2) is 24.3 Å². The molecule has 1 aromatic rings. The van der Waals surface area contributed by atoms with Crippen LogP contribution in [0.25, 0.3) is 0 Å². The Kier molecular flexibility index (Phi) is 5.85. The first kappa shape index (κ1) is 17.7. The maximum atomic E-state index is 12.9. The summed E-state index contributed by atoms with van der Waals surface area (Å²) in [6, 6.07) is 7.19. The van der Waals surface area contributed by atoms with Crippen LogP contribution < -0.4 is 5.32 Å². The van der Waals surface area contributed by atoms with E-state index >= 15 is 0 Å². The molecule has 1 aliphatic heterocycles. The van der Waals surface area contributed by atoms with Gasteiger partial charge < -0.3 is 5.32 Å². The number of hydrogen-bond acceptors (Lipinski definition) is 3. The molecular weight excluding hydrogens is 322 g/mol. The van der Waals surface area contributed by atoms with E-state index in [1.807, 2.05) is 32.0 Å². The zero-order valence-corrected chi connectivity index (χ0v) is 14.9. The Labute approximate surface area is 138 Å². The van der Waals surface area contributed by atoms with Crippen LogP contribution in [-0.4, -0.2) is 50.3 Å². The molecule has 22 heavy (non-hydrogen) atoms. The number of nitrogens with one attached hydrogen (secondary N) is 1. The number of benzene rings is 1. The van der Waals surface area contributed by atoms with E-state index in [-0.39, 0.29) is 12.0 Å². The summed E-state index contributed by atoms with van der Waals surface area (Å²) in [4.78, 5) is 0. The quantitative estimate of drug-likeness (QED) is 0.889. The number of halogens is 1. The summed E-state index contributed by atoms with van der Waals surface area (Å²) in [5, 5.41) is 3.89. The van der Waals surface area contributed by atoms with Gasteiger partial charge in [-0.3, -0.25) is 0 Å². The van der Waals surface area contributed by atoms with Gasteiger partial charge in [0.2, 0.25) is 0 Å². The van der Waals surface area contributed by atoms with E-state index in [4.69, 9.17) is 11.6 Å². The van der Waals surface area contributed by atoms with Gasteiger partial charge in [-0.2, -0.15) is 17.0 Å². The third-order valence-corrected chi connectivity index (χ3v) is 5.94. The Morgan fingerprint density at radius 2 is 2.18 bits per heavy atom. The van der Waals surface area contributed by atoms with E-state index in [2.05, 4.69) is 5.32 Å². The molecule has 124 valence electrons. The lowest BCUT2D eigenvalue weighted by Gasteiger charge is -2.38. The van der Waals surface area contributed by atoms with Crippen molar-refractivity contribution in [2.75, 3.05) is 33.2 Å². The summed E-state index contributed by atoms with van der Waals surface area (Å²) in [5.74, 6) is 0.285. The minimum atomic E-state index is -3.48. The lowest BCUT2D eigenvalue weighted by Crippen LogP contribution is -2.53. The fourth-order valence-electron chi connectivity index (χ4n) is 2.75. The Balaban J connectivity index is 2.30. The molecule has 1 heterocycles. The van der Waals surface area contributed by atoms with Crippen LogP contribution in [-0.2, 0) is 10.2 Å². The van der Waals surface area contributed by atoms with Crippen molar-refractivity contribution in [1.82, 2.24) is 13.9 Å². The molecule has 1 unspecified atom stereocenters. The number of rotatable bonds is 5. The zero-order valence-electron chi connectivity index (χ0n) is 13.3. The van der Waals surface area contributed by atoms with Crippen LogP contribution in [0, 0.1) is 5.92 Å². The average Bonchev–Trinajstić information content (AvgIpc) is 2.46. The van der Waals surface area contributed by atoms with E-state index in [9.17, 15) is 8.42 Å². The molecule has 0 spiro atoms. The summed E-state index contributed by atoms with van der Waals surface area (Å²) < 4.78 is 28.8. The van der Waals surface area contributed by atoms with Crippen molar-refractivity contribution >= 4 is 21.8 Å². The van der Waals surface area contributed by atoms with Gasteiger partial charge in [-0.05, 0) is 23.6 Å². The highest BCUT2D eigenvalue weighted by Gasteiger charge is 2.36. The maximum Gasteiger partial charge on any atom is 0.282 e. The Hall–Kier alpha value is -0.660. The topological polar surface area (TPSA) is 52.7 Å². The SMILES string of the molecule is CC(C)CN(C)S(=O)(=O)N1CCNCC1c1cccc(Cl)c1. The molecule has 0 aliphatic carbocycles. The average molecular weight is 346 g/mol. The molecule has 2 rings (SSSR count). The third kappa shape index (κ3) is 4.00. The van der Waals surface area contributed by atoms with Crippen LogP contribution >= 0.6 is 11.6 Å². The Bertz CT molecular complexity index is 607. The molecule has 1 fully saturated rings. The summed E-state index contributed by atoms with van der Waals surface area (Å²) >= 11 is 6.06. The summed E-state index contributed by atoms with van der Waals surface area (Å²) in [6.45, 7) is 6.24. The van der Waals surface area contributed by atoms with Gasteiger partial charge in [0.15, 0.2) is 0 Å². The first-order valence-electron chi connectivity index (χ1n) is 7.51. The molecule has 1 N–H and O–H groups in total. The number of piperazine rings is 1. The van der Waals surface area contributed by atoms with E-state index in [1.54, 1.807) is 17.4 Å². The Morgan fingerprint density at radius 1 is 1.45 bits per heavy atom. The molecular formula is C15H24ClN3O2S. The van der Waals surface area contributed by atoms with Crippen molar-refractivity contribution < 1.29 is 8.42 Å². The molecule has 1 atom stereocenters. The Morgan fingerprint density at radius 3 is 2.82 bits per heavy atom. The molecule has 0 radical (unpaired) electrons. The molecule has 1 saturated heterocycles. The van der Waals surface area contributed by atoms with Gasteiger partial charge in [0, 0.05) is 38.2 Å². The van der Waals surface area contributed by atoms with Crippen LogP contribution in [0.5, 0.6) is 0 Å². The smallest absolute Gasteiger partial charge is 0.282 e. The van der Waals surface area contributed by atoms with Crippen molar-refractivity contribution in [1.29, 1.82) is 0 Å². The van der Waals surface area contributed by atoms with Gasteiger partial charge in [0.05, 0.1) is 6.04 Å². The lowest BCUT2D eigenvalue weighted by atomic mass is 10.1. The molecule has 1 aliphatic rings. The third-order valence-electron chi connectivity index (χ3n) is 3.74. The normalized spacial score (nSPS) is 20.7. The standard InChI is InChI=1S/C15H24ClN3O2S/c1-12(2)11-18(3)22(20,21)19-8-7-17-10-15(19)13-5-4-6-14(16)9-13/h4-6,9,12,15,17H,7-8,10-11H2,1-3H3. The monoisotopic (exact) mass is 345 g/mol. The largest absolute Gasteiger partial charge is 0.313 e. The van der Waals surface area contributed by atoms with E-state index in [1.165, 1.54) is 4.31 Å². The number of hydrogen-bond donors (Lipinski definition) is 1. The maximum absolute atomic E-state index is 12.9. The minimum Gasteiger partial charge on any atom is -0.313 e. The predicted molar refractivity (Wildman–Crippen MR) is 90.2 cm³/mol. The van der Waals surface area contributed by atoms with E-state index in [0.717, 1.165) is 5.56 Å². The second-order valence-corrected chi connectivity index (χ2v) is 8.49. The molecule has 0 bridgehead atoms. The summed E-state index contributed by atoms with van der Waals surface area (Å²) in [6.07, 6.45) is 0. The van der Waals surface area contributed by atoms with Crippen molar-refractivity contribution in [2.45, 2.75) is 19.9 Å². The van der Waals surface area contributed by atoms with Crippen LogP contribution in [0.4, 0.5) is 0 Å². The second kappa shape index (κ2) is 7.27. The van der Waals surface area contributed by atoms with Gasteiger partial charge in [-0.15, -0.1) is 0 Å². The van der Waals surface area contributed by atoms with Gasteiger partial charge in [0.1, 0.15) is 0 Å². The van der Waals surface area contributed by atoms with Crippen molar-refractivity contribution in [3.05, 3.63) is 34.9 Å². The zero-order chi connectivity index (χ0) is 16.3. The lowest BCUT2D eigenvalue weighted by molar-refractivity contribution is 0.249. The van der Waals surface area contributed by atoms with E-state index < -0.39 is 10.2 Å². The predicted octanol–water partition coefficient (Wildman–Crippen LogP) is 2.12. The van der Waals surface area contributed by atoms with Crippen molar-refractivity contribution in [3.8, 4) is 0 Å². The van der Waals surface area contributed by atoms with Gasteiger partial charge in [-0.25, -0.2) is 0 Å². The first-order valence-corrected chi connectivity index (χ1v) is 9.29. The molecule has 7 heteroatoms. The highest BCUT2D eigenvalue weighted by atomic mass is 35.5. The molecule has 0 saturated carbocycles. The van der Waals surface area contributed by atoms with Crippen LogP contribution in [0.1, 0.15) is 25.5 Å². The molecule has 5 nitrogen and oxygen atoms in total. The van der Waals surface area contributed by atoms with Gasteiger partial charge in [0.25, 0.3) is 10.2 Å². The van der Waals surface area contributed by atoms with Crippen molar-refractivity contribution in [2.24, 2.45) is 5.92 Å². The number of nitrogens with zero attached hydrogens (tertiary/aromatic N) is 2. The molecule has 1 aromatic carbocycles. The fourth-order valence-corrected chi connectivity index (χ4v) is 4.63. The second-order valence-electron chi connectivity index (χ2n) is 6.07. The van der Waals surface area contributed by atoms with Gasteiger partial charge >= 0.3 is 0 Å². The van der Waals surface area contributed by atoms with Crippen LogP contribution in [0.3, 0.4) is 0 Å². The van der Waals surface area contributed by atoms with Gasteiger partial charge in [-0.1, -0.05) is 37.6 Å². The summed E-state index contributed by atoms with van der Waals surface area (Å²) in [7, 11) is -1.84. The van der Waals surface area contributed by atoms with Crippen LogP contribution in [0.2, 0.25) is 5.02 Å². The highest BCUT2D eigenvalue weighted by Crippen LogP contribution is 2.28. The summed E-state index contributed by atoms with van der Waals surface area (Å²) in [5.41, 5.74) is 0.918. The fraction of sp³-hybridized carbons (Fsp3) is 0.600.